The average molecular weight is 382 g/mol. The fourth-order valence-corrected chi connectivity index (χ4v) is 3.36. The lowest BCUT2D eigenvalue weighted by molar-refractivity contribution is 0.143. The van der Waals surface area contributed by atoms with Gasteiger partial charge in [-0.05, 0) is 56.3 Å². The number of hydrogen-bond acceptors (Lipinski definition) is 4. The Morgan fingerprint density at radius 1 is 1.50 bits per heavy atom. The lowest BCUT2D eigenvalue weighted by atomic mass is 9.89. The van der Waals surface area contributed by atoms with Crippen LogP contribution in [0.4, 0.5) is 14.9 Å². The molecule has 1 saturated heterocycles. The number of carbonyl (C=O) groups is 1. The normalized spacial score (nSPS) is 17.9. The van der Waals surface area contributed by atoms with E-state index in [1.807, 2.05) is 0 Å². The van der Waals surface area contributed by atoms with Gasteiger partial charge >= 0.3 is 6.09 Å². The van der Waals surface area contributed by atoms with Crippen molar-refractivity contribution in [3.05, 3.63) is 29.6 Å². The molecule has 0 bridgehead atoms. The van der Waals surface area contributed by atoms with Gasteiger partial charge in [0.05, 0.1) is 23.8 Å². The van der Waals surface area contributed by atoms with Crippen LogP contribution in [0.1, 0.15) is 51.0 Å². The van der Waals surface area contributed by atoms with Crippen molar-refractivity contribution in [2.24, 2.45) is 5.73 Å². The summed E-state index contributed by atoms with van der Waals surface area (Å²) in [5.41, 5.74) is 6.82. The topological polar surface area (TPSA) is 67.6 Å². The molecule has 0 unspecified atom stereocenters. The van der Waals surface area contributed by atoms with Crippen molar-refractivity contribution >= 4 is 29.0 Å². The molecule has 26 heavy (non-hydrogen) atoms. The Morgan fingerprint density at radius 3 is 2.88 bits per heavy atom. The maximum atomic E-state index is 14.7. The molecule has 3 N–H and O–H groups in total. The summed E-state index contributed by atoms with van der Waals surface area (Å²) >= 11 is 4.97. The van der Waals surface area contributed by atoms with Crippen LogP contribution in [0.5, 0.6) is 0 Å². The number of nitrogens with two attached hydrogens (primary N) is 1. The number of amides is 1. The fraction of sp³-hybridized carbons (Fsp3) is 0.579. The molecular formula is C19H28FN3O2S. The average Bonchev–Trinajstić information content (AvgIpc) is 2.98. The molecule has 1 aromatic carbocycles. The van der Waals surface area contributed by atoms with Crippen LogP contribution in [-0.4, -0.2) is 36.8 Å². The van der Waals surface area contributed by atoms with E-state index in [0.717, 1.165) is 25.7 Å². The number of rotatable bonds is 9. The van der Waals surface area contributed by atoms with E-state index in [2.05, 4.69) is 12.2 Å². The van der Waals surface area contributed by atoms with Crippen molar-refractivity contribution in [1.82, 2.24) is 5.32 Å². The van der Waals surface area contributed by atoms with Crippen LogP contribution in [0.25, 0.3) is 0 Å². The predicted octanol–water partition coefficient (Wildman–Crippen LogP) is 3.71. The van der Waals surface area contributed by atoms with Gasteiger partial charge in [0.1, 0.15) is 11.9 Å². The first-order valence-corrected chi connectivity index (χ1v) is 9.59. The summed E-state index contributed by atoms with van der Waals surface area (Å²) in [4.78, 5) is 14.2. The number of ether oxygens (including phenoxy) is 1. The van der Waals surface area contributed by atoms with Gasteiger partial charge in [-0.1, -0.05) is 31.6 Å². The number of cyclic esters (lactones) is 1. The fourth-order valence-electron chi connectivity index (χ4n) is 3.28. The quantitative estimate of drug-likeness (QED) is 0.638. The first-order valence-electron chi connectivity index (χ1n) is 9.18. The van der Waals surface area contributed by atoms with E-state index in [0.29, 0.717) is 35.9 Å². The maximum absolute atomic E-state index is 14.7. The number of benzene rings is 1. The van der Waals surface area contributed by atoms with Crippen LogP contribution in [0.15, 0.2) is 18.2 Å². The molecule has 1 heterocycles. The molecule has 0 aromatic heterocycles. The summed E-state index contributed by atoms with van der Waals surface area (Å²) in [6, 6.07) is 5.02. The molecule has 2 rings (SSSR count). The highest BCUT2D eigenvalue weighted by Gasteiger charge is 2.32. The second kappa shape index (κ2) is 9.83. The van der Waals surface area contributed by atoms with Crippen molar-refractivity contribution < 1.29 is 13.9 Å². The number of carbonyl (C=O) groups excluding carboxylic acids is 1. The molecule has 0 spiro atoms. The highest BCUT2D eigenvalue weighted by molar-refractivity contribution is 7.80. The molecule has 2 atom stereocenters. The largest absolute Gasteiger partial charge is 0.442 e. The third-order valence-electron chi connectivity index (χ3n) is 4.58. The van der Waals surface area contributed by atoms with Crippen molar-refractivity contribution in [3.63, 3.8) is 0 Å². The van der Waals surface area contributed by atoms with Crippen molar-refractivity contribution in [2.45, 2.75) is 51.6 Å². The van der Waals surface area contributed by atoms with E-state index in [9.17, 15) is 9.18 Å². The third-order valence-corrected chi connectivity index (χ3v) is 4.73. The first-order chi connectivity index (χ1) is 12.5. The van der Waals surface area contributed by atoms with E-state index in [-0.39, 0.29) is 17.8 Å². The minimum atomic E-state index is -0.459. The number of anilines is 1. The molecule has 0 radical (unpaired) electrons. The molecule has 0 saturated carbocycles. The SMILES string of the molecule is CCC[C@H](CCCN)c1ccc(N2C[C@H](CNC(C)=S)OC2=O)cc1F. The summed E-state index contributed by atoms with van der Waals surface area (Å²) in [6.45, 7) is 5.30. The maximum Gasteiger partial charge on any atom is 0.414 e. The molecule has 1 fully saturated rings. The highest BCUT2D eigenvalue weighted by atomic mass is 32.1. The molecule has 1 aromatic rings. The Hall–Kier alpha value is -1.73. The zero-order valence-corrected chi connectivity index (χ0v) is 16.3. The Morgan fingerprint density at radius 2 is 2.27 bits per heavy atom. The zero-order chi connectivity index (χ0) is 19.1. The van der Waals surface area contributed by atoms with Gasteiger partial charge in [-0.3, -0.25) is 4.90 Å². The number of thiocarbonyl (C=S) groups is 1. The lowest BCUT2D eigenvalue weighted by Gasteiger charge is -2.19. The number of hydrogen-bond donors (Lipinski definition) is 2. The Balaban J connectivity index is 2.10. The van der Waals surface area contributed by atoms with E-state index in [4.69, 9.17) is 22.7 Å². The zero-order valence-electron chi connectivity index (χ0n) is 15.5. The van der Waals surface area contributed by atoms with Gasteiger partial charge in [-0.2, -0.15) is 0 Å². The Labute approximate surface area is 160 Å². The molecule has 1 amide bonds. The molecule has 7 heteroatoms. The molecule has 1 aliphatic heterocycles. The summed E-state index contributed by atoms with van der Waals surface area (Å²) in [7, 11) is 0. The minimum Gasteiger partial charge on any atom is -0.442 e. The monoisotopic (exact) mass is 381 g/mol. The van der Waals surface area contributed by atoms with Crippen LogP contribution in [0.2, 0.25) is 0 Å². The Bertz CT molecular complexity index is 641. The van der Waals surface area contributed by atoms with Crippen LogP contribution < -0.4 is 16.0 Å². The van der Waals surface area contributed by atoms with Gasteiger partial charge in [-0.25, -0.2) is 9.18 Å². The highest BCUT2D eigenvalue weighted by Crippen LogP contribution is 2.31. The third kappa shape index (κ3) is 5.38. The van der Waals surface area contributed by atoms with Crippen LogP contribution in [0.3, 0.4) is 0 Å². The van der Waals surface area contributed by atoms with Gasteiger partial charge in [-0.15, -0.1) is 0 Å². The minimum absolute atomic E-state index is 0.158. The standard InChI is InChI=1S/C19H28FN3O2S/c1-3-5-14(6-4-9-21)17-8-7-15(10-18(17)20)23-12-16(25-19(23)24)11-22-13(2)26/h7-8,10,14,16H,3-6,9,11-12,21H2,1-2H3,(H,22,26)/t14-,16+/m1/s1. The molecule has 5 nitrogen and oxygen atoms in total. The molecule has 1 aliphatic rings. The molecule has 144 valence electrons. The van der Waals surface area contributed by atoms with Gasteiger partial charge in [0.15, 0.2) is 0 Å². The van der Waals surface area contributed by atoms with E-state index >= 15 is 0 Å². The van der Waals surface area contributed by atoms with Crippen LogP contribution >= 0.6 is 12.2 Å². The number of nitrogens with zero attached hydrogens (tertiary/aromatic N) is 1. The summed E-state index contributed by atoms with van der Waals surface area (Å²) in [5, 5.41) is 2.99. The number of nitrogens with one attached hydrogen (secondary N) is 1. The van der Waals surface area contributed by atoms with E-state index < -0.39 is 6.09 Å². The van der Waals surface area contributed by atoms with Crippen molar-refractivity contribution in [3.8, 4) is 0 Å². The van der Waals surface area contributed by atoms with Gasteiger partial charge in [0.25, 0.3) is 0 Å². The van der Waals surface area contributed by atoms with Gasteiger partial charge < -0.3 is 15.8 Å². The summed E-state index contributed by atoms with van der Waals surface area (Å²) < 4.78 is 20.1. The molecular weight excluding hydrogens is 353 g/mol. The Kier molecular flexibility index (Phi) is 7.78. The van der Waals surface area contributed by atoms with Crippen LogP contribution in [-0.2, 0) is 4.74 Å². The van der Waals surface area contributed by atoms with E-state index in [1.54, 1.807) is 19.1 Å². The van der Waals surface area contributed by atoms with Gasteiger partial charge in [0, 0.05) is 0 Å². The first kappa shape index (κ1) is 20.6. The lowest BCUT2D eigenvalue weighted by Crippen LogP contribution is -2.32. The second-order valence-corrected chi connectivity index (χ2v) is 7.29. The van der Waals surface area contributed by atoms with Crippen molar-refractivity contribution in [2.75, 3.05) is 24.5 Å². The van der Waals surface area contributed by atoms with E-state index in [1.165, 1.54) is 11.0 Å². The second-order valence-electron chi connectivity index (χ2n) is 6.68. The summed E-state index contributed by atoms with van der Waals surface area (Å²) in [6.07, 6.45) is 2.89. The van der Waals surface area contributed by atoms with Crippen molar-refractivity contribution in [1.29, 1.82) is 0 Å². The predicted molar refractivity (Wildman–Crippen MR) is 106 cm³/mol. The van der Waals surface area contributed by atoms with Crippen LogP contribution in [0, 0.1) is 5.82 Å². The smallest absolute Gasteiger partial charge is 0.414 e. The molecule has 0 aliphatic carbocycles. The summed E-state index contributed by atoms with van der Waals surface area (Å²) in [5.74, 6) is -0.118. The van der Waals surface area contributed by atoms with Gasteiger partial charge in [0.2, 0.25) is 0 Å². The number of halogens is 1.